The van der Waals surface area contributed by atoms with E-state index in [1.165, 1.54) is 44.1 Å². The molecule has 0 atom stereocenters. The fourth-order valence-electron chi connectivity index (χ4n) is 2.67. The van der Waals surface area contributed by atoms with Crippen LogP contribution < -0.4 is 0 Å². The molecule has 0 N–H and O–H groups in total. The highest BCUT2D eigenvalue weighted by atomic mass is 16.1. The number of aryl methyl sites for hydroxylation is 1. The first-order valence-corrected chi connectivity index (χ1v) is 7.94. The van der Waals surface area contributed by atoms with Crippen LogP contribution in [0.3, 0.4) is 0 Å². The molecule has 1 aromatic rings. The average molecular weight is 258 g/mol. The van der Waals surface area contributed by atoms with Crippen molar-refractivity contribution >= 4 is 5.78 Å². The van der Waals surface area contributed by atoms with Gasteiger partial charge in [0.2, 0.25) is 0 Å². The maximum atomic E-state index is 12.1. The molecule has 0 heterocycles. The largest absolute Gasteiger partial charge is 0.294 e. The van der Waals surface area contributed by atoms with Crippen LogP contribution in [-0.4, -0.2) is 5.78 Å². The fourth-order valence-corrected chi connectivity index (χ4v) is 2.67. The molecule has 1 nitrogen and oxygen atoms in total. The van der Waals surface area contributed by atoms with E-state index in [0.717, 1.165) is 24.8 Å². The zero-order valence-corrected chi connectivity index (χ0v) is 12.2. The van der Waals surface area contributed by atoms with Gasteiger partial charge in [-0.1, -0.05) is 63.3 Å². The zero-order valence-electron chi connectivity index (χ0n) is 12.2. The maximum Gasteiger partial charge on any atom is 0.165 e. The van der Waals surface area contributed by atoms with Crippen molar-refractivity contribution < 1.29 is 4.79 Å². The summed E-state index contributed by atoms with van der Waals surface area (Å²) in [7, 11) is 0. The van der Waals surface area contributed by atoms with Crippen LogP contribution in [0.15, 0.2) is 24.3 Å². The van der Waals surface area contributed by atoms with E-state index in [1.807, 2.05) is 12.1 Å². The number of rotatable bonds is 8. The van der Waals surface area contributed by atoms with E-state index in [1.54, 1.807) is 0 Å². The van der Waals surface area contributed by atoms with E-state index >= 15 is 0 Å². The number of carbonyl (C=O) groups excluding carboxylic acids is 1. The highest BCUT2D eigenvalue weighted by Gasteiger charge is 2.25. The number of benzene rings is 1. The van der Waals surface area contributed by atoms with Crippen LogP contribution in [0.25, 0.3) is 0 Å². The number of Topliss-reactive ketones (excluding diaryl/α,β-unsaturated/α-hetero) is 1. The number of hydrogen-bond donors (Lipinski definition) is 0. The first kappa shape index (κ1) is 14.3. The van der Waals surface area contributed by atoms with Crippen molar-refractivity contribution in [3.63, 3.8) is 0 Å². The van der Waals surface area contributed by atoms with E-state index in [-0.39, 0.29) is 0 Å². The van der Waals surface area contributed by atoms with Gasteiger partial charge in [-0.15, -0.1) is 0 Å². The van der Waals surface area contributed by atoms with E-state index in [0.29, 0.717) is 11.7 Å². The van der Waals surface area contributed by atoms with Gasteiger partial charge in [0.1, 0.15) is 0 Å². The second-order valence-electron chi connectivity index (χ2n) is 5.85. The topological polar surface area (TPSA) is 17.1 Å². The highest BCUT2D eigenvalue weighted by molar-refractivity contribution is 5.98. The molecule has 0 amide bonds. The first-order chi connectivity index (χ1) is 9.31. The zero-order chi connectivity index (χ0) is 13.5. The molecule has 0 aromatic heterocycles. The van der Waals surface area contributed by atoms with Crippen molar-refractivity contribution in [3.05, 3.63) is 35.4 Å². The van der Waals surface area contributed by atoms with Crippen LogP contribution in [-0.2, 0) is 6.42 Å². The van der Waals surface area contributed by atoms with Crippen molar-refractivity contribution in [2.45, 2.75) is 64.7 Å². The number of unbranched alkanes of at least 4 members (excludes halogenated alkanes) is 4. The van der Waals surface area contributed by atoms with Crippen molar-refractivity contribution in [3.8, 4) is 0 Å². The van der Waals surface area contributed by atoms with Crippen molar-refractivity contribution in [2.24, 2.45) is 5.92 Å². The van der Waals surface area contributed by atoms with Gasteiger partial charge in [0.25, 0.3) is 0 Å². The Hall–Kier alpha value is -1.11. The van der Waals surface area contributed by atoms with Gasteiger partial charge in [-0.3, -0.25) is 4.79 Å². The standard InChI is InChI=1S/C18H26O/c1-2-3-4-5-6-8-15-11-13-17(14-12-15)18(19)16-9-7-10-16/h11-14,16H,2-10H2,1H3. The summed E-state index contributed by atoms with van der Waals surface area (Å²) in [4.78, 5) is 12.1. The van der Waals surface area contributed by atoms with Gasteiger partial charge >= 0.3 is 0 Å². The van der Waals surface area contributed by atoms with Gasteiger partial charge in [0.15, 0.2) is 5.78 Å². The Kier molecular flexibility index (Phi) is 5.62. The molecule has 0 spiro atoms. The Morgan fingerprint density at radius 1 is 1.05 bits per heavy atom. The third kappa shape index (κ3) is 4.19. The molecule has 1 aliphatic rings. The summed E-state index contributed by atoms with van der Waals surface area (Å²) in [6.45, 7) is 2.25. The number of hydrogen-bond acceptors (Lipinski definition) is 1. The van der Waals surface area contributed by atoms with Crippen LogP contribution in [0.2, 0.25) is 0 Å². The molecule has 0 radical (unpaired) electrons. The lowest BCUT2D eigenvalue weighted by Crippen LogP contribution is -2.21. The molecule has 1 aliphatic carbocycles. The van der Waals surface area contributed by atoms with E-state index in [9.17, 15) is 4.79 Å². The Balaban J connectivity index is 1.76. The van der Waals surface area contributed by atoms with Gasteiger partial charge in [0, 0.05) is 11.5 Å². The van der Waals surface area contributed by atoms with Crippen LogP contribution in [0.5, 0.6) is 0 Å². The molecule has 0 saturated heterocycles. The molecule has 0 unspecified atom stereocenters. The third-order valence-electron chi connectivity index (χ3n) is 4.28. The summed E-state index contributed by atoms with van der Waals surface area (Å²) < 4.78 is 0. The lowest BCUT2D eigenvalue weighted by atomic mass is 9.80. The van der Waals surface area contributed by atoms with Gasteiger partial charge < -0.3 is 0 Å². The van der Waals surface area contributed by atoms with Gasteiger partial charge in [-0.05, 0) is 31.2 Å². The number of ketones is 1. The summed E-state index contributed by atoms with van der Waals surface area (Å²) in [5.41, 5.74) is 2.29. The van der Waals surface area contributed by atoms with Crippen molar-refractivity contribution in [1.82, 2.24) is 0 Å². The van der Waals surface area contributed by atoms with Crippen LogP contribution >= 0.6 is 0 Å². The van der Waals surface area contributed by atoms with Crippen LogP contribution in [0.4, 0.5) is 0 Å². The molecule has 0 aliphatic heterocycles. The summed E-state index contributed by atoms with van der Waals surface area (Å²) in [5.74, 6) is 0.681. The molecular weight excluding hydrogens is 232 g/mol. The molecule has 1 heteroatoms. The normalized spacial score (nSPS) is 15.2. The van der Waals surface area contributed by atoms with E-state index in [4.69, 9.17) is 0 Å². The molecule has 1 fully saturated rings. The molecule has 1 aromatic carbocycles. The minimum absolute atomic E-state index is 0.319. The SMILES string of the molecule is CCCCCCCc1ccc(C(=O)C2CCC2)cc1. The predicted octanol–water partition coefficient (Wildman–Crippen LogP) is 5.18. The summed E-state index contributed by atoms with van der Waals surface area (Å²) in [6.07, 6.45) is 11.2. The molecule has 19 heavy (non-hydrogen) atoms. The summed E-state index contributed by atoms with van der Waals surface area (Å²) in [5, 5.41) is 0. The first-order valence-electron chi connectivity index (χ1n) is 7.94. The fraction of sp³-hybridized carbons (Fsp3) is 0.611. The van der Waals surface area contributed by atoms with Crippen molar-refractivity contribution in [2.75, 3.05) is 0 Å². The Morgan fingerprint density at radius 2 is 1.74 bits per heavy atom. The molecule has 1 saturated carbocycles. The molecule has 0 bridgehead atoms. The minimum atomic E-state index is 0.319. The van der Waals surface area contributed by atoms with Gasteiger partial charge in [-0.2, -0.15) is 0 Å². The van der Waals surface area contributed by atoms with Crippen LogP contribution in [0.1, 0.15) is 74.2 Å². The lowest BCUT2D eigenvalue weighted by molar-refractivity contribution is 0.0855. The number of carbonyl (C=O) groups is 1. The second-order valence-corrected chi connectivity index (χ2v) is 5.85. The Bertz CT molecular complexity index is 387. The maximum absolute atomic E-state index is 12.1. The second kappa shape index (κ2) is 7.47. The Morgan fingerprint density at radius 3 is 2.32 bits per heavy atom. The smallest absolute Gasteiger partial charge is 0.165 e. The van der Waals surface area contributed by atoms with E-state index in [2.05, 4.69) is 19.1 Å². The molecule has 2 rings (SSSR count). The summed E-state index contributed by atoms with van der Waals surface area (Å²) >= 11 is 0. The van der Waals surface area contributed by atoms with E-state index < -0.39 is 0 Å². The van der Waals surface area contributed by atoms with Crippen LogP contribution in [0, 0.1) is 5.92 Å². The van der Waals surface area contributed by atoms with Crippen molar-refractivity contribution in [1.29, 1.82) is 0 Å². The quantitative estimate of drug-likeness (QED) is 0.463. The monoisotopic (exact) mass is 258 g/mol. The average Bonchev–Trinajstić information content (AvgIpc) is 2.37. The Labute approximate surface area is 117 Å². The summed E-state index contributed by atoms with van der Waals surface area (Å²) in [6, 6.07) is 8.35. The minimum Gasteiger partial charge on any atom is -0.294 e. The lowest BCUT2D eigenvalue weighted by Gasteiger charge is -2.23. The van der Waals surface area contributed by atoms with Gasteiger partial charge in [-0.25, -0.2) is 0 Å². The highest BCUT2D eigenvalue weighted by Crippen LogP contribution is 2.29. The molecular formula is C18H26O. The third-order valence-corrected chi connectivity index (χ3v) is 4.28. The molecule has 104 valence electrons. The predicted molar refractivity (Wildman–Crippen MR) is 80.6 cm³/mol. The van der Waals surface area contributed by atoms with Gasteiger partial charge in [0.05, 0.1) is 0 Å².